The molecule has 1 aromatic rings. The Balaban J connectivity index is 1.87. The van der Waals surface area contributed by atoms with E-state index in [1.54, 1.807) is 18.2 Å². The summed E-state index contributed by atoms with van der Waals surface area (Å²) in [6.45, 7) is 6.37. The van der Waals surface area contributed by atoms with E-state index >= 15 is 0 Å². The molecular weight excluding hydrogens is 246 g/mol. The van der Waals surface area contributed by atoms with Gasteiger partial charge in [-0.25, -0.2) is 0 Å². The fourth-order valence-corrected chi connectivity index (χ4v) is 2.22. The van der Waals surface area contributed by atoms with Gasteiger partial charge in [-0.1, -0.05) is 12.1 Å². The SMILES string of the molecule is C[C@H]1CNCCN1CCOc1ccccc1[N+](=O)[O-]. The highest BCUT2D eigenvalue weighted by atomic mass is 16.6. The van der Waals surface area contributed by atoms with Crippen molar-refractivity contribution in [2.24, 2.45) is 0 Å². The number of nitrogens with one attached hydrogen (secondary N) is 1. The Morgan fingerprint density at radius 2 is 2.32 bits per heavy atom. The van der Waals surface area contributed by atoms with E-state index in [9.17, 15) is 10.1 Å². The zero-order valence-corrected chi connectivity index (χ0v) is 11.0. The van der Waals surface area contributed by atoms with E-state index < -0.39 is 4.92 Å². The van der Waals surface area contributed by atoms with Gasteiger partial charge in [-0.15, -0.1) is 0 Å². The van der Waals surface area contributed by atoms with Gasteiger partial charge in [-0.3, -0.25) is 15.0 Å². The lowest BCUT2D eigenvalue weighted by molar-refractivity contribution is -0.385. The second kappa shape index (κ2) is 6.49. The van der Waals surface area contributed by atoms with Crippen molar-refractivity contribution in [3.8, 4) is 5.75 Å². The minimum atomic E-state index is -0.414. The molecule has 0 aromatic heterocycles. The topological polar surface area (TPSA) is 67.6 Å². The average molecular weight is 265 g/mol. The second-order valence-corrected chi connectivity index (χ2v) is 4.66. The highest BCUT2D eigenvalue weighted by molar-refractivity contribution is 5.45. The smallest absolute Gasteiger partial charge is 0.310 e. The van der Waals surface area contributed by atoms with Gasteiger partial charge in [0.1, 0.15) is 6.61 Å². The van der Waals surface area contributed by atoms with Crippen LogP contribution >= 0.6 is 0 Å². The van der Waals surface area contributed by atoms with Gasteiger partial charge in [0, 0.05) is 38.3 Å². The molecule has 0 unspecified atom stereocenters. The zero-order chi connectivity index (χ0) is 13.7. The van der Waals surface area contributed by atoms with E-state index in [1.165, 1.54) is 6.07 Å². The van der Waals surface area contributed by atoms with Crippen LogP contribution in [0.1, 0.15) is 6.92 Å². The fourth-order valence-electron chi connectivity index (χ4n) is 2.22. The molecule has 104 valence electrons. The number of rotatable bonds is 5. The summed E-state index contributed by atoms with van der Waals surface area (Å²) < 4.78 is 5.55. The Labute approximate surface area is 112 Å². The van der Waals surface area contributed by atoms with E-state index in [-0.39, 0.29) is 5.69 Å². The maximum atomic E-state index is 10.8. The molecule has 0 radical (unpaired) electrons. The maximum absolute atomic E-state index is 10.8. The van der Waals surface area contributed by atoms with Crippen molar-refractivity contribution < 1.29 is 9.66 Å². The largest absolute Gasteiger partial charge is 0.485 e. The van der Waals surface area contributed by atoms with Crippen LogP contribution in [0.3, 0.4) is 0 Å². The van der Waals surface area contributed by atoms with Crippen LogP contribution in [0, 0.1) is 10.1 Å². The molecule has 0 bridgehead atoms. The van der Waals surface area contributed by atoms with E-state index in [0.29, 0.717) is 18.4 Å². The van der Waals surface area contributed by atoms with Crippen LogP contribution < -0.4 is 10.1 Å². The molecule has 0 saturated carbocycles. The number of nitrogens with zero attached hydrogens (tertiary/aromatic N) is 2. The summed E-state index contributed by atoms with van der Waals surface area (Å²) in [6, 6.07) is 6.96. The first-order chi connectivity index (χ1) is 9.18. The van der Waals surface area contributed by atoms with Gasteiger partial charge in [-0.05, 0) is 13.0 Å². The number of hydrogen-bond acceptors (Lipinski definition) is 5. The highest BCUT2D eigenvalue weighted by Gasteiger charge is 2.18. The van der Waals surface area contributed by atoms with Crippen LogP contribution in [0.15, 0.2) is 24.3 Å². The second-order valence-electron chi connectivity index (χ2n) is 4.66. The van der Waals surface area contributed by atoms with E-state index in [4.69, 9.17) is 4.74 Å². The van der Waals surface area contributed by atoms with Gasteiger partial charge in [0.25, 0.3) is 0 Å². The molecule has 1 heterocycles. The van der Waals surface area contributed by atoms with E-state index in [1.807, 2.05) is 0 Å². The lowest BCUT2D eigenvalue weighted by atomic mass is 10.2. The Morgan fingerprint density at radius 1 is 1.53 bits per heavy atom. The van der Waals surface area contributed by atoms with Crippen LogP contribution in [0.4, 0.5) is 5.69 Å². The van der Waals surface area contributed by atoms with Crippen LogP contribution in [0.5, 0.6) is 5.75 Å². The van der Waals surface area contributed by atoms with Crippen LogP contribution in [0.2, 0.25) is 0 Å². The molecule has 0 amide bonds. The molecule has 1 aromatic carbocycles. The number of nitro benzene ring substituents is 1. The number of nitro groups is 1. The summed E-state index contributed by atoms with van der Waals surface area (Å²) >= 11 is 0. The summed E-state index contributed by atoms with van der Waals surface area (Å²) in [7, 11) is 0. The minimum Gasteiger partial charge on any atom is -0.485 e. The first kappa shape index (κ1) is 13.8. The molecule has 2 rings (SSSR count). The predicted octanol–water partition coefficient (Wildman–Crippen LogP) is 1.27. The van der Waals surface area contributed by atoms with Gasteiger partial charge in [-0.2, -0.15) is 0 Å². The van der Waals surface area contributed by atoms with Gasteiger partial charge in [0.2, 0.25) is 0 Å². The summed E-state index contributed by atoms with van der Waals surface area (Å²) in [4.78, 5) is 12.8. The van der Waals surface area contributed by atoms with Crippen LogP contribution in [-0.4, -0.2) is 48.7 Å². The predicted molar refractivity (Wildman–Crippen MR) is 72.5 cm³/mol. The Kier molecular flexibility index (Phi) is 4.70. The van der Waals surface area contributed by atoms with Crippen molar-refractivity contribution in [3.05, 3.63) is 34.4 Å². The molecule has 1 aliphatic rings. The monoisotopic (exact) mass is 265 g/mol. The molecule has 1 fully saturated rings. The molecule has 19 heavy (non-hydrogen) atoms. The maximum Gasteiger partial charge on any atom is 0.310 e. The fraction of sp³-hybridized carbons (Fsp3) is 0.538. The summed E-state index contributed by atoms with van der Waals surface area (Å²) in [5.74, 6) is 0.343. The number of piperazine rings is 1. The molecule has 1 N–H and O–H groups in total. The van der Waals surface area contributed by atoms with Crippen molar-refractivity contribution in [3.63, 3.8) is 0 Å². The Morgan fingerprint density at radius 3 is 3.05 bits per heavy atom. The van der Waals surface area contributed by atoms with Crippen LogP contribution in [0.25, 0.3) is 0 Å². The van der Waals surface area contributed by atoms with Gasteiger partial charge < -0.3 is 10.1 Å². The van der Waals surface area contributed by atoms with Crippen molar-refractivity contribution in [1.82, 2.24) is 10.2 Å². The molecule has 1 aliphatic heterocycles. The normalized spacial score (nSPS) is 20.2. The molecule has 1 saturated heterocycles. The van der Waals surface area contributed by atoms with Crippen molar-refractivity contribution in [2.45, 2.75) is 13.0 Å². The number of para-hydroxylation sites is 2. The van der Waals surface area contributed by atoms with Gasteiger partial charge >= 0.3 is 5.69 Å². The molecule has 0 spiro atoms. The first-order valence-corrected chi connectivity index (χ1v) is 6.49. The summed E-state index contributed by atoms with van der Waals surface area (Å²) in [6.07, 6.45) is 0. The number of ether oxygens (including phenoxy) is 1. The summed E-state index contributed by atoms with van der Waals surface area (Å²) in [5.41, 5.74) is 0.0239. The zero-order valence-electron chi connectivity index (χ0n) is 11.0. The minimum absolute atomic E-state index is 0.0239. The Bertz CT molecular complexity index is 439. The molecule has 0 aliphatic carbocycles. The van der Waals surface area contributed by atoms with E-state index in [2.05, 4.69) is 17.1 Å². The molecule has 6 heteroatoms. The lowest BCUT2D eigenvalue weighted by Gasteiger charge is -2.33. The quantitative estimate of drug-likeness (QED) is 0.641. The van der Waals surface area contributed by atoms with Crippen LogP contribution in [-0.2, 0) is 0 Å². The third kappa shape index (κ3) is 3.65. The van der Waals surface area contributed by atoms with Crippen molar-refractivity contribution in [2.75, 3.05) is 32.8 Å². The highest BCUT2D eigenvalue weighted by Crippen LogP contribution is 2.25. The standard InChI is InChI=1S/C13H19N3O3/c1-11-10-14-6-7-15(11)8-9-19-13-5-3-2-4-12(13)16(17)18/h2-5,11,14H,6-10H2,1H3/t11-/m0/s1. The van der Waals surface area contributed by atoms with E-state index in [0.717, 1.165) is 26.2 Å². The third-order valence-corrected chi connectivity index (χ3v) is 3.34. The molecule has 1 atom stereocenters. The van der Waals surface area contributed by atoms with Gasteiger partial charge in [0.05, 0.1) is 4.92 Å². The number of benzene rings is 1. The average Bonchev–Trinajstić information content (AvgIpc) is 2.41. The van der Waals surface area contributed by atoms with Crippen molar-refractivity contribution >= 4 is 5.69 Å². The number of hydrogen-bond donors (Lipinski definition) is 1. The lowest BCUT2D eigenvalue weighted by Crippen LogP contribution is -2.50. The first-order valence-electron chi connectivity index (χ1n) is 6.49. The van der Waals surface area contributed by atoms with Crippen molar-refractivity contribution in [1.29, 1.82) is 0 Å². The molecular formula is C13H19N3O3. The molecule has 6 nitrogen and oxygen atoms in total. The van der Waals surface area contributed by atoms with Gasteiger partial charge in [0.15, 0.2) is 5.75 Å². The Hall–Kier alpha value is -1.66. The third-order valence-electron chi connectivity index (χ3n) is 3.34. The summed E-state index contributed by atoms with van der Waals surface area (Å²) in [5, 5.41) is 14.2.